The number of pyridine rings is 1. The lowest BCUT2D eigenvalue weighted by Crippen LogP contribution is -1.91. The molecule has 1 aromatic heterocycles. The predicted molar refractivity (Wildman–Crippen MR) is 63.9 cm³/mol. The summed E-state index contributed by atoms with van der Waals surface area (Å²) in [4.78, 5) is 4.49. The van der Waals surface area contributed by atoms with E-state index < -0.39 is 0 Å². The molecule has 0 unspecified atom stereocenters. The molecule has 0 amide bonds. The molecule has 2 rings (SSSR count). The van der Waals surface area contributed by atoms with E-state index >= 15 is 0 Å². The average Bonchev–Trinajstić information content (AvgIpc) is 2.20. The van der Waals surface area contributed by atoms with Crippen LogP contribution in [0.4, 0.5) is 0 Å². The highest BCUT2D eigenvalue weighted by molar-refractivity contribution is 5.69. The number of aryl methyl sites for hydroxylation is 3. The molecule has 1 aromatic carbocycles. The highest BCUT2D eigenvalue weighted by atomic mass is 14.7. The average molecular weight is 197 g/mol. The molecule has 0 spiro atoms. The fourth-order valence-corrected chi connectivity index (χ4v) is 1.85. The molecular weight excluding hydrogens is 182 g/mol. The van der Waals surface area contributed by atoms with E-state index in [1.165, 1.54) is 16.7 Å². The number of aromatic nitrogens is 1. The van der Waals surface area contributed by atoms with Gasteiger partial charge in [-0.3, -0.25) is 4.98 Å². The van der Waals surface area contributed by atoms with Crippen LogP contribution in [-0.4, -0.2) is 4.98 Å². The van der Waals surface area contributed by atoms with Crippen molar-refractivity contribution >= 4 is 0 Å². The third-order valence-electron chi connectivity index (χ3n) is 2.66. The van der Waals surface area contributed by atoms with Crippen LogP contribution >= 0.6 is 0 Å². The summed E-state index contributed by atoms with van der Waals surface area (Å²) >= 11 is 0. The smallest absolute Gasteiger partial charge is 0.0454 e. The summed E-state index contributed by atoms with van der Waals surface area (Å²) in [6.45, 7) is 6.22. The van der Waals surface area contributed by atoms with E-state index in [0.29, 0.717) is 0 Å². The van der Waals surface area contributed by atoms with Crippen molar-refractivity contribution in [1.82, 2.24) is 4.98 Å². The van der Waals surface area contributed by atoms with Crippen LogP contribution in [0.3, 0.4) is 0 Å². The monoisotopic (exact) mass is 197 g/mol. The first-order chi connectivity index (χ1) is 7.18. The van der Waals surface area contributed by atoms with Crippen LogP contribution in [-0.2, 0) is 0 Å². The minimum atomic E-state index is 1.07. The largest absolute Gasteiger partial charge is 0.258 e. The molecule has 0 saturated heterocycles. The zero-order chi connectivity index (χ0) is 10.8. The Hall–Kier alpha value is -1.63. The Morgan fingerprint density at radius 2 is 1.53 bits per heavy atom. The van der Waals surface area contributed by atoms with Gasteiger partial charge in [0.05, 0.1) is 0 Å². The highest BCUT2D eigenvalue weighted by Gasteiger charge is 2.04. The first-order valence-corrected chi connectivity index (χ1v) is 5.19. The zero-order valence-corrected chi connectivity index (χ0v) is 9.41. The first-order valence-electron chi connectivity index (χ1n) is 5.19. The maximum absolute atomic E-state index is 4.49. The summed E-state index contributed by atoms with van der Waals surface area (Å²) in [5, 5.41) is 0. The van der Waals surface area contributed by atoms with Crippen molar-refractivity contribution in [2.75, 3.05) is 0 Å². The Labute approximate surface area is 90.8 Å². The van der Waals surface area contributed by atoms with Gasteiger partial charge in [-0.25, -0.2) is 0 Å². The molecule has 15 heavy (non-hydrogen) atoms. The number of benzene rings is 1. The van der Waals surface area contributed by atoms with E-state index in [2.05, 4.69) is 55.2 Å². The van der Waals surface area contributed by atoms with Gasteiger partial charge in [0.25, 0.3) is 0 Å². The topological polar surface area (TPSA) is 12.9 Å². The molecule has 0 saturated carbocycles. The van der Waals surface area contributed by atoms with Gasteiger partial charge >= 0.3 is 0 Å². The highest BCUT2D eigenvalue weighted by Crippen LogP contribution is 2.25. The van der Waals surface area contributed by atoms with Crippen molar-refractivity contribution < 1.29 is 0 Å². The Morgan fingerprint density at radius 3 is 2.20 bits per heavy atom. The molecule has 1 heteroatoms. The molecule has 0 fully saturated rings. The summed E-state index contributed by atoms with van der Waals surface area (Å²) < 4.78 is 0. The first kappa shape index (κ1) is 9.91. The fraction of sp³-hybridized carbons (Fsp3) is 0.214. The molecule has 0 aliphatic rings. The molecule has 1 heterocycles. The van der Waals surface area contributed by atoms with Crippen LogP contribution in [0.15, 0.2) is 36.4 Å². The Bertz CT molecular complexity index is 486. The van der Waals surface area contributed by atoms with Gasteiger partial charge in [0, 0.05) is 17.0 Å². The second-order valence-corrected chi connectivity index (χ2v) is 3.90. The van der Waals surface area contributed by atoms with Crippen molar-refractivity contribution in [3.8, 4) is 11.1 Å². The quantitative estimate of drug-likeness (QED) is 0.679. The zero-order valence-electron chi connectivity index (χ0n) is 9.41. The minimum absolute atomic E-state index is 1.07. The van der Waals surface area contributed by atoms with Gasteiger partial charge in [-0.15, -0.1) is 0 Å². The number of hydrogen-bond donors (Lipinski definition) is 0. The van der Waals surface area contributed by atoms with E-state index in [0.717, 1.165) is 11.4 Å². The molecule has 1 nitrogen and oxygen atoms in total. The van der Waals surface area contributed by atoms with Gasteiger partial charge in [0.2, 0.25) is 0 Å². The molecule has 0 aliphatic heterocycles. The van der Waals surface area contributed by atoms with Crippen molar-refractivity contribution in [3.05, 3.63) is 53.3 Å². The number of hydrogen-bond acceptors (Lipinski definition) is 1. The molecule has 2 aromatic rings. The third-order valence-corrected chi connectivity index (χ3v) is 2.66. The molecule has 0 N–H and O–H groups in total. The van der Waals surface area contributed by atoms with E-state index in [1.54, 1.807) is 0 Å². The van der Waals surface area contributed by atoms with Crippen molar-refractivity contribution in [1.29, 1.82) is 0 Å². The molecule has 0 radical (unpaired) electrons. The summed E-state index contributed by atoms with van der Waals surface area (Å²) in [6, 6.07) is 12.6. The van der Waals surface area contributed by atoms with E-state index in [9.17, 15) is 0 Å². The van der Waals surface area contributed by atoms with E-state index in [1.807, 2.05) is 6.92 Å². The predicted octanol–water partition coefficient (Wildman–Crippen LogP) is 3.67. The summed E-state index contributed by atoms with van der Waals surface area (Å²) in [6.07, 6.45) is 0. The third kappa shape index (κ3) is 1.91. The van der Waals surface area contributed by atoms with Crippen LogP contribution in [0.2, 0.25) is 0 Å². The molecule has 0 aliphatic carbocycles. The normalized spacial score (nSPS) is 10.3. The Balaban J connectivity index is 2.60. The van der Waals surface area contributed by atoms with E-state index in [-0.39, 0.29) is 0 Å². The molecule has 0 bridgehead atoms. The van der Waals surface area contributed by atoms with Crippen molar-refractivity contribution in [2.45, 2.75) is 20.8 Å². The van der Waals surface area contributed by atoms with Crippen molar-refractivity contribution in [3.63, 3.8) is 0 Å². The van der Waals surface area contributed by atoms with Gasteiger partial charge in [0.15, 0.2) is 0 Å². The maximum Gasteiger partial charge on any atom is 0.0454 e. The lowest BCUT2D eigenvalue weighted by atomic mass is 9.99. The lowest BCUT2D eigenvalue weighted by molar-refractivity contribution is 1.12. The van der Waals surface area contributed by atoms with Crippen LogP contribution in [0, 0.1) is 20.8 Å². The number of nitrogens with zero attached hydrogens (tertiary/aromatic N) is 1. The summed E-state index contributed by atoms with van der Waals surface area (Å²) in [7, 11) is 0. The summed E-state index contributed by atoms with van der Waals surface area (Å²) in [5.74, 6) is 0. The SMILES string of the molecule is Cc1ccc(-c2ccccc2C)c(C)n1. The molecule has 76 valence electrons. The van der Waals surface area contributed by atoms with Crippen LogP contribution in [0.5, 0.6) is 0 Å². The second-order valence-electron chi connectivity index (χ2n) is 3.90. The maximum atomic E-state index is 4.49. The molecule has 0 atom stereocenters. The number of rotatable bonds is 1. The second kappa shape index (κ2) is 3.85. The Kier molecular flexibility index (Phi) is 2.55. The summed E-state index contributed by atoms with van der Waals surface area (Å²) in [5.41, 5.74) is 5.99. The van der Waals surface area contributed by atoms with Gasteiger partial charge in [-0.05, 0) is 38.0 Å². The van der Waals surface area contributed by atoms with E-state index in [4.69, 9.17) is 0 Å². The standard InChI is InChI=1S/C14H15N/c1-10-6-4-5-7-13(10)14-9-8-11(2)15-12(14)3/h4-9H,1-3H3. The van der Waals surface area contributed by atoms with Gasteiger partial charge in [-0.2, -0.15) is 0 Å². The minimum Gasteiger partial charge on any atom is -0.258 e. The Morgan fingerprint density at radius 1 is 0.800 bits per heavy atom. The van der Waals surface area contributed by atoms with Crippen molar-refractivity contribution in [2.24, 2.45) is 0 Å². The van der Waals surface area contributed by atoms with Crippen LogP contribution in [0.25, 0.3) is 11.1 Å². The fourth-order valence-electron chi connectivity index (χ4n) is 1.85. The van der Waals surface area contributed by atoms with Crippen LogP contribution < -0.4 is 0 Å². The van der Waals surface area contributed by atoms with Gasteiger partial charge in [-0.1, -0.05) is 30.3 Å². The molecular formula is C14H15N. The lowest BCUT2D eigenvalue weighted by Gasteiger charge is -2.08. The van der Waals surface area contributed by atoms with Gasteiger partial charge < -0.3 is 0 Å². The van der Waals surface area contributed by atoms with Crippen LogP contribution in [0.1, 0.15) is 17.0 Å². The van der Waals surface area contributed by atoms with Gasteiger partial charge in [0.1, 0.15) is 0 Å².